The van der Waals surface area contributed by atoms with Gasteiger partial charge in [-0.05, 0) is 37.6 Å². The highest BCUT2D eigenvalue weighted by molar-refractivity contribution is 5.89. The summed E-state index contributed by atoms with van der Waals surface area (Å²) in [5.41, 5.74) is 2.24. The molecule has 90 valence electrons. The minimum atomic E-state index is 0.752. The van der Waals surface area contributed by atoms with Gasteiger partial charge in [0, 0.05) is 37.1 Å². The lowest BCUT2D eigenvalue weighted by Gasteiger charge is -2.12. The molecule has 1 unspecified atom stereocenters. The summed E-state index contributed by atoms with van der Waals surface area (Å²) in [6, 6.07) is 4.18. The van der Waals surface area contributed by atoms with E-state index in [1.165, 1.54) is 17.5 Å². The third-order valence-electron chi connectivity index (χ3n) is 3.51. The maximum atomic E-state index is 4.39. The van der Waals surface area contributed by atoms with Gasteiger partial charge in [-0.25, -0.2) is 4.98 Å². The van der Waals surface area contributed by atoms with Gasteiger partial charge in [0.2, 0.25) is 0 Å². The number of aromatic nitrogens is 2. The molecule has 0 saturated carbocycles. The molecule has 1 aliphatic rings. The zero-order valence-electron chi connectivity index (χ0n) is 10.1. The summed E-state index contributed by atoms with van der Waals surface area (Å²) in [7, 11) is 2.03. The molecule has 4 nitrogen and oxygen atoms in total. The molecule has 3 rings (SSSR count). The van der Waals surface area contributed by atoms with Crippen LogP contribution in [0.4, 0.5) is 5.69 Å². The van der Waals surface area contributed by atoms with Crippen LogP contribution >= 0.6 is 0 Å². The number of fused-ring (bicyclic) bond motifs is 1. The van der Waals surface area contributed by atoms with Crippen molar-refractivity contribution >= 4 is 16.7 Å². The first kappa shape index (κ1) is 10.6. The van der Waals surface area contributed by atoms with Gasteiger partial charge in [-0.2, -0.15) is 0 Å². The van der Waals surface area contributed by atoms with E-state index in [1.54, 1.807) is 0 Å². The first-order valence-corrected chi connectivity index (χ1v) is 6.19. The first-order chi connectivity index (χ1) is 8.34. The van der Waals surface area contributed by atoms with E-state index < -0.39 is 0 Å². The molecule has 0 aromatic carbocycles. The number of hydrogen-bond donors (Lipinski definition) is 2. The lowest BCUT2D eigenvalue weighted by Crippen LogP contribution is -2.17. The van der Waals surface area contributed by atoms with Crippen molar-refractivity contribution in [3.63, 3.8) is 0 Å². The summed E-state index contributed by atoms with van der Waals surface area (Å²) in [4.78, 5) is 4.39. The van der Waals surface area contributed by atoms with E-state index in [0.29, 0.717) is 0 Å². The van der Waals surface area contributed by atoms with Crippen LogP contribution < -0.4 is 10.6 Å². The molecule has 2 aromatic heterocycles. The smallest absolute Gasteiger partial charge is 0.141 e. The summed E-state index contributed by atoms with van der Waals surface area (Å²) in [5.74, 6) is 0.752. The summed E-state index contributed by atoms with van der Waals surface area (Å²) < 4.78 is 2.05. The topological polar surface area (TPSA) is 41.9 Å². The quantitative estimate of drug-likeness (QED) is 0.841. The van der Waals surface area contributed by atoms with Crippen LogP contribution in [0, 0.1) is 5.92 Å². The molecule has 0 amide bonds. The Morgan fingerprint density at radius 1 is 1.53 bits per heavy atom. The van der Waals surface area contributed by atoms with Crippen molar-refractivity contribution in [2.75, 3.05) is 25.0 Å². The van der Waals surface area contributed by atoms with Crippen molar-refractivity contribution in [2.45, 2.75) is 6.42 Å². The second kappa shape index (κ2) is 4.37. The molecule has 1 atom stereocenters. The SMILES string of the molecule is Cn1ccc2c(NCC3CCNC3)ccnc21. The minimum Gasteiger partial charge on any atom is -0.384 e. The van der Waals surface area contributed by atoms with Crippen LogP contribution in [-0.4, -0.2) is 29.2 Å². The summed E-state index contributed by atoms with van der Waals surface area (Å²) in [6.07, 6.45) is 5.20. The molecule has 0 aliphatic carbocycles. The van der Waals surface area contributed by atoms with E-state index in [4.69, 9.17) is 0 Å². The van der Waals surface area contributed by atoms with Crippen LogP contribution in [0.3, 0.4) is 0 Å². The van der Waals surface area contributed by atoms with Gasteiger partial charge >= 0.3 is 0 Å². The van der Waals surface area contributed by atoms with E-state index >= 15 is 0 Å². The van der Waals surface area contributed by atoms with Crippen molar-refractivity contribution in [1.29, 1.82) is 0 Å². The van der Waals surface area contributed by atoms with Gasteiger partial charge in [0.1, 0.15) is 5.65 Å². The number of anilines is 1. The maximum absolute atomic E-state index is 4.39. The Kier molecular flexibility index (Phi) is 2.73. The Bertz CT molecular complexity index is 511. The zero-order chi connectivity index (χ0) is 11.7. The Morgan fingerprint density at radius 3 is 3.29 bits per heavy atom. The third-order valence-corrected chi connectivity index (χ3v) is 3.51. The summed E-state index contributed by atoms with van der Waals surface area (Å²) in [6.45, 7) is 3.33. The molecule has 1 fully saturated rings. The van der Waals surface area contributed by atoms with Gasteiger partial charge in [0.25, 0.3) is 0 Å². The van der Waals surface area contributed by atoms with Crippen LogP contribution in [0.1, 0.15) is 6.42 Å². The molecule has 0 bridgehead atoms. The Balaban J connectivity index is 1.79. The largest absolute Gasteiger partial charge is 0.384 e. The van der Waals surface area contributed by atoms with E-state index in [-0.39, 0.29) is 0 Å². The second-order valence-electron chi connectivity index (χ2n) is 4.76. The van der Waals surface area contributed by atoms with Crippen LogP contribution in [0.15, 0.2) is 24.5 Å². The van der Waals surface area contributed by atoms with Gasteiger partial charge in [0.15, 0.2) is 0 Å². The zero-order valence-corrected chi connectivity index (χ0v) is 10.1. The lowest BCUT2D eigenvalue weighted by molar-refractivity contribution is 0.616. The van der Waals surface area contributed by atoms with Crippen LogP contribution in [0.25, 0.3) is 11.0 Å². The third kappa shape index (κ3) is 2.00. The predicted octanol–water partition coefficient (Wildman–Crippen LogP) is 1.59. The molecule has 1 saturated heterocycles. The molecule has 0 radical (unpaired) electrons. The van der Waals surface area contributed by atoms with Crippen LogP contribution in [-0.2, 0) is 7.05 Å². The number of rotatable bonds is 3. The molecule has 17 heavy (non-hydrogen) atoms. The maximum Gasteiger partial charge on any atom is 0.141 e. The summed E-state index contributed by atoms with van der Waals surface area (Å²) in [5, 5.41) is 8.15. The monoisotopic (exact) mass is 230 g/mol. The fourth-order valence-corrected chi connectivity index (χ4v) is 2.46. The Labute approximate surface area is 101 Å². The molecule has 2 N–H and O–H groups in total. The van der Waals surface area contributed by atoms with E-state index in [0.717, 1.165) is 31.2 Å². The highest BCUT2D eigenvalue weighted by atomic mass is 15.0. The van der Waals surface area contributed by atoms with Gasteiger partial charge in [-0.15, -0.1) is 0 Å². The van der Waals surface area contributed by atoms with Crippen molar-refractivity contribution in [3.05, 3.63) is 24.5 Å². The van der Waals surface area contributed by atoms with Gasteiger partial charge in [-0.3, -0.25) is 0 Å². The fourth-order valence-electron chi connectivity index (χ4n) is 2.46. The number of nitrogens with zero attached hydrogens (tertiary/aromatic N) is 2. The van der Waals surface area contributed by atoms with Gasteiger partial charge < -0.3 is 15.2 Å². The molecule has 1 aliphatic heterocycles. The van der Waals surface area contributed by atoms with Gasteiger partial charge in [-0.1, -0.05) is 0 Å². The lowest BCUT2D eigenvalue weighted by atomic mass is 10.1. The van der Waals surface area contributed by atoms with Crippen molar-refractivity contribution < 1.29 is 0 Å². The minimum absolute atomic E-state index is 0.752. The van der Waals surface area contributed by atoms with Crippen molar-refractivity contribution in [3.8, 4) is 0 Å². The predicted molar refractivity (Wildman–Crippen MR) is 70.2 cm³/mol. The number of hydrogen-bond acceptors (Lipinski definition) is 3. The first-order valence-electron chi connectivity index (χ1n) is 6.19. The molecular formula is C13H18N4. The normalized spacial score (nSPS) is 19.9. The fraction of sp³-hybridized carbons (Fsp3) is 0.462. The van der Waals surface area contributed by atoms with Gasteiger partial charge in [0.05, 0.1) is 0 Å². The Hall–Kier alpha value is -1.55. The molecular weight excluding hydrogens is 212 g/mol. The molecule has 3 heterocycles. The average molecular weight is 230 g/mol. The van der Waals surface area contributed by atoms with Crippen LogP contribution in [0.2, 0.25) is 0 Å². The highest BCUT2D eigenvalue weighted by Crippen LogP contribution is 2.22. The summed E-state index contributed by atoms with van der Waals surface area (Å²) >= 11 is 0. The average Bonchev–Trinajstić information content (AvgIpc) is 2.97. The van der Waals surface area contributed by atoms with Crippen LogP contribution in [0.5, 0.6) is 0 Å². The van der Waals surface area contributed by atoms with E-state index in [1.807, 2.05) is 13.2 Å². The number of aryl methyl sites for hydroxylation is 1. The molecule has 2 aromatic rings. The molecule has 4 heteroatoms. The second-order valence-corrected chi connectivity index (χ2v) is 4.76. The van der Waals surface area contributed by atoms with E-state index in [2.05, 4.69) is 38.5 Å². The molecule has 0 spiro atoms. The van der Waals surface area contributed by atoms with E-state index in [9.17, 15) is 0 Å². The number of nitrogens with one attached hydrogen (secondary N) is 2. The van der Waals surface area contributed by atoms with Crippen molar-refractivity contribution in [1.82, 2.24) is 14.9 Å². The number of pyridine rings is 1. The highest BCUT2D eigenvalue weighted by Gasteiger charge is 2.14. The Morgan fingerprint density at radius 2 is 2.47 bits per heavy atom. The standard InChI is InChI=1S/C13H18N4/c1-17-7-4-11-12(3-6-15-13(11)17)16-9-10-2-5-14-8-10/h3-4,6-7,10,14H,2,5,8-9H2,1H3,(H,15,16). The van der Waals surface area contributed by atoms with Crippen molar-refractivity contribution in [2.24, 2.45) is 13.0 Å².